The molecule has 1 heterocycles. The fourth-order valence-corrected chi connectivity index (χ4v) is 2.53. The van der Waals surface area contributed by atoms with Crippen molar-refractivity contribution in [1.29, 1.82) is 0 Å². The van der Waals surface area contributed by atoms with Gasteiger partial charge in [-0.15, -0.1) is 10.2 Å². The van der Waals surface area contributed by atoms with Gasteiger partial charge in [0.1, 0.15) is 6.33 Å². The molecule has 0 aliphatic carbocycles. The smallest absolute Gasteiger partial charge is 0.388 e. The summed E-state index contributed by atoms with van der Waals surface area (Å²) in [6.07, 6.45) is -4.22. The molecule has 0 fully saturated rings. The van der Waals surface area contributed by atoms with Gasteiger partial charge in [0, 0.05) is 12.8 Å². The Bertz CT molecular complexity index is 585. The minimum Gasteiger partial charge on any atom is -0.388 e. The van der Waals surface area contributed by atoms with Gasteiger partial charge >= 0.3 is 6.18 Å². The number of hydrogen-bond acceptors (Lipinski definition) is 4. The summed E-state index contributed by atoms with van der Waals surface area (Å²) in [5.41, 5.74) is -0.944. The van der Waals surface area contributed by atoms with Crippen molar-refractivity contribution < 1.29 is 18.3 Å². The lowest BCUT2D eigenvalue weighted by molar-refractivity contribution is -0.139. The van der Waals surface area contributed by atoms with Crippen LogP contribution in [-0.4, -0.2) is 25.6 Å². The molecule has 8 heteroatoms. The number of aliphatic hydroxyl groups excluding tert-OH is 1. The van der Waals surface area contributed by atoms with Gasteiger partial charge in [-0.25, -0.2) is 0 Å². The second-order valence-electron chi connectivity index (χ2n) is 4.14. The molecule has 0 saturated carbocycles. The molecule has 1 aromatic carbocycles. The highest BCUT2D eigenvalue weighted by Gasteiger charge is 2.34. The minimum absolute atomic E-state index is 0.0691. The monoisotopic (exact) mass is 303 g/mol. The Morgan fingerprint density at radius 1 is 1.35 bits per heavy atom. The van der Waals surface area contributed by atoms with Crippen LogP contribution in [0.5, 0.6) is 0 Å². The summed E-state index contributed by atoms with van der Waals surface area (Å²) in [4.78, 5) is 0. The van der Waals surface area contributed by atoms with Crippen LogP contribution >= 0.6 is 11.8 Å². The van der Waals surface area contributed by atoms with Gasteiger partial charge in [0.15, 0.2) is 5.16 Å². The van der Waals surface area contributed by atoms with E-state index in [1.807, 2.05) is 0 Å². The van der Waals surface area contributed by atoms with Crippen molar-refractivity contribution >= 4 is 11.8 Å². The van der Waals surface area contributed by atoms with Crippen molar-refractivity contribution in [2.75, 3.05) is 5.75 Å². The first-order valence-corrected chi connectivity index (χ1v) is 6.69. The number of alkyl halides is 3. The molecule has 0 amide bonds. The van der Waals surface area contributed by atoms with Crippen molar-refractivity contribution in [1.82, 2.24) is 14.8 Å². The second-order valence-corrected chi connectivity index (χ2v) is 5.12. The van der Waals surface area contributed by atoms with Gasteiger partial charge in [-0.2, -0.15) is 13.2 Å². The van der Waals surface area contributed by atoms with E-state index in [1.54, 1.807) is 11.6 Å². The number of thioether (sulfide) groups is 1. The zero-order valence-corrected chi connectivity index (χ0v) is 11.3. The van der Waals surface area contributed by atoms with Crippen LogP contribution in [0.4, 0.5) is 13.2 Å². The molecule has 4 nitrogen and oxygen atoms in total. The predicted molar refractivity (Wildman–Crippen MR) is 68.1 cm³/mol. The number of aryl methyl sites for hydroxylation is 1. The van der Waals surface area contributed by atoms with Crippen molar-refractivity contribution in [3.8, 4) is 0 Å². The summed E-state index contributed by atoms with van der Waals surface area (Å²) in [6.45, 7) is 0. The van der Waals surface area contributed by atoms with Crippen molar-refractivity contribution in [2.24, 2.45) is 7.05 Å². The molecule has 0 aliphatic rings. The summed E-state index contributed by atoms with van der Waals surface area (Å²) in [7, 11) is 1.72. The second kappa shape index (κ2) is 5.84. The molecule has 20 heavy (non-hydrogen) atoms. The molecule has 0 spiro atoms. The Kier molecular flexibility index (Phi) is 4.34. The molecular formula is C12H12F3N3OS. The summed E-state index contributed by atoms with van der Waals surface area (Å²) in [6, 6.07) is 5.02. The Morgan fingerprint density at radius 2 is 2.05 bits per heavy atom. The number of rotatable bonds is 4. The van der Waals surface area contributed by atoms with Crippen molar-refractivity contribution in [3.05, 3.63) is 41.7 Å². The highest BCUT2D eigenvalue weighted by molar-refractivity contribution is 7.99. The number of hydrogen-bond donors (Lipinski definition) is 1. The number of aromatic nitrogens is 3. The van der Waals surface area contributed by atoms with Gasteiger partial charge in [0.05, 0.1) is 11.7 Å². The van der Waals surface area contributed by atoms with E-state index < -0.39 is 17.8 Å². The van der Waals surface area contributed by atoms with Gasteiger partial charge < -0.3 is 9.67 Å². The van der Waals surface area contributed by atoms with Crippen LogP contribution < -0.4 is 0 Å². The van der Waals surface area contributed by atoms with Crippen LogP contribution in [0.3, 0.4) is 0 Å². The van der Waals surface area contributed by atoms with E-state index in [4.69, 9.17) is 0 Å². The maximum absolute atomic E-state index is 12.8. The van der Waals surface area contributed by atoms with Gasteiger partial charge in [0.2, 0.25) is 0 Å². The van der Waals surface area contributed by atoms with Crippen LogP contribution in [0.25, 0.3) is 0 Å². The number of halogens is 3. The SMILES string of the molecule is Cn1cnnc1SC[C@H](O)c1ccccc1C(F)(F)F. The fourth-order valence-electron chi connectivity index (χ4n) is 1.69. The van der Waals surface area contributed by atoms with Crippen LogP contribution in [0.2, 0.25) is 0 Å². The predicted octanol–water partition coefficient (Wildman–Crippen LogP) is 2.66. The zero-order valence-electron chi connectivity index (χ0n) is 10.5. The Morgan fingerprint density at radius 3 is 2.65 bits per heavy atom. The van der Waals surface area contributed by atoms with E-state index >= 15 is 0 Å². The highest BCUT2D eigenvalue weighted by Crippen LogP contribution is 2.35. The molecule has 0 saturated heterocycles. The van der Waals surface area contributed by atoms with Gasteiger partial charge in [-0.05, 0) is 11.6 Å². The highest BCUT2D eigenvalue weighted by atomic mass is 32.2. The standard InChI is InChI=1S/C12H12F3N3OS/c1-18-7-16-17-11(18)20-6-10(19)8-4-2-3-5-9(8)12(13,14)15/h2-5,7,10,19H,6H2,1H3/t10-/m0/s1. The largest absolute Gasteiger partial charge is 0.416 e. The average molecular weight is 303 g/mol. The molecule has 108 valence electrons. The zero-order chi connectivity index (χ0) is 14.8. The quantitative estimate of drug-likeness (QED) is 0.882. The summed E-state index contributed by atoms with van der Waals surface area (Å²) >= 11 is 1.15. The molecule has 1 atom stereocenters. The molecule has 0 unspecified atom stereocenters. The topological polar surface area (TPSA) is 50.9 Å². The molecule has 0 aliphatic heterocycles. The maximum Gasteiger partial charge on any atom is 0.416 e. The molecule has 1 aromatic heterocycles. The van der Waals surface area contributed by atoms with E-state index in [1.165, 1.54) is 24.5 Å². The van der Waals surface area contributed by atoms with Gasteiger partial charge in [-0.1, -0.05) is 30.0 Å². The normalized spacial score (nSPS) is 13.4. The third-order valence-corrected chi connectivity index (χ3v) is 3.78. The van der Waals surface area contributed by atoms with Crippen molar-refractivity contribution in [2.45, 2.75) is 17.4 Å². The fraction of sp³-hybridized carbons (Fsp3) is 0.333. The summed E-state index contributed by atoms with van der Waals surface area (Å²) in [5, 5.41) is 18.0. The van der Waals surface area contributed by atoms with Crippen molar-refractivity contribution in [3.63, 3.8) is 0 Å². The van der Waals surface area contributed by atoms with Crippen LogP contribution in [0, 0.1) is 0 Å². The molecule has 2 rings (SSSR count). The van der Waals surface area contributed by atoms with Crippen LogP contribution in [0.1, 0.15) is 17.2 Å². The first-order chi connectivity index (χ1) is 9.39. The maximum atomic E-state index is 12.8. The van der Waals surface area contributed by atoms with E-state index in [-0.39, 0.29) is 11.3 Å². The lowest BCUT2D eigenvalue weighted by atomic mass is 10.0. The van der Waals surface area contributed by atoms with E-state index in [0.717, 1.165) is 17.8 Å². The van der Waals surface area contributed by atoms with Crippen LogP contribution in [-0.2, 0) is 13.2 Å². The third kappa shape index (κ3) is 3.31. The minimum atomic E-state index is -4.48. The third-order valence-electron chi connectivity index (χ3n) is 2.67. The first-order valence-electron chi connectivity index (χ1n) is 5.70. The lowest BCUT2D eigenvalue weighted by Gasteiger charge is -2.16. The average Bonchev–Trinajstić information content (AvgIpc) is 2.80. The molecule has 0 bridgehead atoms. The van der Waals surface area contributed by atoms with E-state index in [2.05, 4.69) is 10.2 Å². The number of benzene rings is 1. The summed E-state index contributed by atoms with van der Waals surface area (Å²) < 4.78 is 40.2. The lowest BCUT2D eigenvalue weighted by Crippen LogP contribution is -2.13. The molecule has 0 radical (unpaired) electrons. The Balaban J connectivity index is 2.14. The molecular weight excluding hydrogens is 291 g/mol. The Hall–Kier alpha value is -1.54. The molecule has 1 N–H and O–H groups in total. The van der Waals surface area contributed by atoms with E-state index in [0.29, 0.717) is 5.16 Å². The molecule has 2 aromatic rings. The van der Waals surface area contributed by atoms with E-state index in [9.17, 15) is 18.3 Å². The van der Waals surface area contributed by atoms with Crippen LogP contribution in [0.15, 0.2) is 35.7 Å². The summed E-state index contributed by atoms with van der Waals surface area (Å²) in [5.74, 6) is 0.0691. The first kappa shape index (κ1) is 14.9. The van der Waals surface area contributed by atoms with Gasteiger partial charge in [0.25, 0.3) is 0 Å². The Labute approximate surface area is 117 Å². The number of nitrogens with zero attached hydrogens (tertiary/aromatic N) is 3. The number of aliphatic hydroxyl groups is 1. The van der Waals surface area contributed by atoms with Gasteiger partial charge in [-0.3, -0.25) is 0 Å².